The second-order valence-electron chi connectivity index (χ2n) is 6.27. The summed E-state index contributed by atoms with van der Waals surface area (Å²) in [4.78, 5) is 12.9. The van der Waals surface area contributed by atoms with E-state index in [0.717, 1.165) is 45.2 Å². The van der Waals surface area contributed by atoms with Gasteiger partial charge in [-0.15, -0.1) is 0 Å². The Morgan fingerprint density at radius 3 is 2.54 bits per heavy atom. The molecule has 7 nitrogen and oxygen atoms in total. The molecule has 8 heteroatoms. The number of piperidine rings is 1. The van der Waals surface area contributed by atoms with E-state index in [1.165, 1.54) is 12.1 Å². The molecule has 1 fully saturated rings. The normalized spacial score (nSPS) is 16.9. The van der Waals surface area contributed by atoms with Gasteiger partial charge in [0.1, 0.15) is 10.6 Å². The number of nitro groups is 1. The Hall–Kier alpha value is -1.67. The van der Waals surface area contributed by atoms with Gasteiger partial charge in [-0.2, -0.15) is 0 Å². The standard InChI is InChI=1S/C16H25N3O4S/c1-3-18-11-8-13(9-12-18)7-10-17-14-5-4-6-15(24(2,22)23)16(14)19(20)21/h4-6,13,17H,3,7-12H2,1-2H3. The Morgan fingerprint density at radius 2 is 2.00 bits per heavy atom. The second-order valence-corrected chi connectivity index (χ2v) is 8.26. The summed E-state index contributed by atoms with van der Waals surface area (Å²) in [5.74, 6) is 0.609. The first kappa shape index (κ1) is 18.7. The largest absolute Gasteiger partial charge is 0.379 e. The van der Waals surface area contributed by atoms with Gasteiger partial charge in [-0.1, -0.05) is 13.0 Å². The number of benzene rings is 1. The summed E-state index contributed by atoms with van der Waals surface area (Å²) in [6, 6.07) is 4.37. The fraction of sp³-hybridized carbons (Fsp3) is 0.625. The lowest BCUT2D eigenvalue weighted by Gasteiger charge is -2.31. The minimum atomic E-state index is -3.64. The van der Waals surface area contributed by atoms with Crippen molar-refractivity contribution in [1.82, 2.24) is 4.90 Å². The van der Waals surface area contributed by atoms with Crippen LogP contribution in [0.1, 0.15) is 26.2 Å². The van der Waals surface area contributed by atoms with Gasteiger partial charge >= 0.3 is 5.69 Å². The van der Waals surface area contributed by atoms with E-state index in [1.807, 2.05) is 0 Å². The predicted octanol–water partition coefficient (Wildman–Crippen LogP) is 2.53. The fourth-order valence-electron chi connectivity index (χ4n) is 3.15. The number of anilines is 1. The van der Waals surface area contributed by atoms with Crippen molar-refractivity contribution in [1.29, 1.82) is 0 Å². The second kappa shape index (κ2) is 7.94. The average molecular weight is 355 g/mol. The smallest absolute Gasteiger partial charge is 0.310 e. The van der Waals surface area contributed by atoms with Crippen LogP contribution in [0.5, 0.6) is 0 Å². The van der Waals surface area contributed by atoms with Crippen molar-refractivity contribution in [2.45, 2.75) is 31.1 Å². The summed E-state index contributed by atoms with van der Waals surface area (Å²) < 4.78 is 23.5. The predicted molar refractivity (Wildman–Crippen MR) is 94.2 cm³/mol. The minimum absolute atomic E-state index is 0.242. The van der Waals surface area contributed by atoms with E-state index in [9.17, 15) is 18.5 Å². The van der Waals surface area contributed by atoms with Crippen LogP contribution in [0, 0.1) is 16.0 Å². The van der Waals surface area contributed by atoms with Crippen molar-refractivity contribution >= 4 is 21.2 Å². The molecule has 0 atom stereocenters. The summed E-state index contributed by atoms with van der Waals surface area (Å²) in [6.45, 7) is 6.05. The van der Waals surface area contributed by atoms with Gasteiger partial charge in [0.05, 0.1) is 4.92 Å². The molecule has 0 aromatic heterocycles. The highest BCUT2D eigenvalue weighted by atomic mass is 32.2. The molecule has 1 saturated heterocycles. The third-order valence-electron chi connectivity index (χ3n) is 4.60. The molecule has 0 saturated carbocycles. The molecule has 0 radical (unpaired) electrons. The molecule has 0 amide bonds. The van der Waals surface area contributed by atoms with E-state index in [1.54, 1.807) is 6.07 Å². The highest BCUT2D eigenvalue weighted by molar-refractivity contribution is 7.90. The van der Waals surface area contributed by atoms with Crippen LogP contribution in [0.3, 0.4) is 0 Å². The number of nitro benzene ring substituents is 1. The van der Waals surface area contributed by atoms with Gasteiger partial charge in [-0.05, 0) is 56.9 Å². The van der Waals surface area contributed by atoms with Crippen molar-refractivity contribution in [2.75, 3.05) is 37.8 Å². The van der Waals surface area contributed by atoms with Gasteiger partial charge in [0, 0.05) is 12.8 Å². The summed E-state index contributed by atoms with van der Waals surface area (Å²) in [7, 11) is -3.64. The Morgan fingerprint density at radius 1 is 1.33 bits per heavy atom. The molecular formula is C16H25N3O4S. The number of likely N-dealkylation sites (tertiary alicyclic amines) is 1. The molecule has 24 heavy (non-hydrogen) atoms. The molecule has 134 valence electrons. The summed E-state index contributed by atoms with van der Waals surface area (Å²) in [5.41, 5.74) is -0.0882. The van der Waals surface area contributed by atoms with Crippen LogP contribution in [0.4, 0.5) is 11.4 Å². The lowest BCUT2D eigenvalue weighted by atomic mass is 9.93. The zero-order valence-electron chi connectivity index (χ0n) is 14.2. The minimum Gasteiger partial charge on any atom is -0.379 e. The topological polar surface area (TPSA) is 92.6 Å². The van der Waals surface area contributed by atoms with Crippen LogP contribution in [0.15, 0.2) is 23.1 Å². The van der Waals surface area contributed by atoms with E-state index >= 15 is 0 Å². The maximum atomic E-state index is 11.8. The van der Waals surface area contributed by atoms with Gasteiger partial charge in [0.25, 0.3) is 0 Å². The van der Waals surface area contributed by atoms with Crippen LogP contribution in [0.2, 0.25) is 0 Å². The third-order valence-corrected chi connectivity index (χ3v) is 5.73. The quantitative estimate of drug-likeness (QED) is 0.597. The van der Waals surface area contributed by atoms with Crippen molar-refractivity contribution in [2.24, 2.45) is 5.92 Å². The molecule has 1 aliphatic heterocycles. The number of hydrogen-bond donors (Lipinski definition) is 1. The summed E-state index contributed by atoms with van der Waals surface area (Å²) in [5, 5.41) is 14.4. The van der Waals surface area contributed by atoms with Crippen LogP contribution >= 0.6 is 0 Å². The fourth-order valence-corrected chi connectivity index (χ4v) is 4.02. The lowest BCUT2D eigenvalue weighted by molar-refractivity contribution is -0.386. The first-order chi connectivity index (χ1) is 11.3. The van der Waals surface area contributed by atoms with Crippen molar-refractivity contribution in [3.63, 3.8) is 0 Å². The van der Waals surface area contributed by atoms with E-state index in [2.05, 4.69) is 17.1 Å². The Kier molecular flexibility index (Phi) is 6.17. The van der Waals surface area contributed by atoms with Gasteiger partial charge in [0.2, 0.25) is 0 Å². The van der Waals surface area contributed by atoms with E-state index in [4.69, 9.17) is 0 Å². The van der Waals surface area contributed by atoms with E-state index in [-0.39, 0.29) is 16.3 Å². The Labute approximate surface area is 143 Å². The molecule has 0 aliphatic carbocycles. The van der Waals surface area contributed by atoms with E-state index in [0.29, 0.717) is 12.5 Å². The van der Waals surface area contributed by atoms with Gasteiger partial charge in [0.15, 0.2) is 9.84 Å². The Balaban J connectivity index is 2.02. The maximum Gasteiger partial charge on any atom is 0.310 e. The van der Waals surface area contributed by atoms with Crippen molar-refractivity contribution in [3.05, 3.63) is 28.3 Å². The number of para-hydroxylation sites is 1. The van der Waals surface area contributed by atoms with Crippen LogP contribution in [-0.4, -0.2) is 50.7 Å². The van der Waals surface area contributed by atoms with Crippen LogP contribution in [0.25, 0.3) is 0 Å². The number of hydrogen-bond acceptors (Lipinski definition) is 6. The molecule has 0 unspecified atom stereocenters. The first-order valence-electron chi connectivity index (χ1n) is 8.26. The molecule has 0 spiro atoms. The van der Waals surface area contributed by atoms with Crippen LogP contribution in [-0.2, 0) is 9.84 Å². The van der Waals surface area contributed by atoms with Crippen LogP contribution < -0.4 is 5.32 Å². The number of nitrogens with one attached hydrogen (secondary N) is 1. The van der Waals surface area contributed by atoms with Crippen molar-refractivity contribution < 1.29 is 13.3 Å². The maximum absolute atomic E-state index is 11.8. The molecule has 1 heterocycles. The molecule has 1 aliphatic rings. The highest BCUT2D eigenvalue weighted by Crippen LogP contribution is 2.32. The zero-order valence-corrected chi connectivity index (χ0v) is 15.0. The zero-order chi connectivity index (χ0) is 17.7. The number of rotatable bonds is 7. The summed E-state index contributed by atoms with van der Waals surface area (Å²) >= 11 is 0. The lowest BCUT2D eigenvalue weighted by Crippen LogP contribution is -2.33. The van der Waals surface area contributed by atoms with Gasteiger partial charge in [-0.25, -0.2) is 8.42 Å². The van der Waals surface area contributed by atoms with Crippen molar-refractivity contribution in [3.8, 4) is 0 Å². The van der Waals surface area contributed by atoms with Gasteiger partial charge < -0.3 is 10.2 Å². The molecule has 1 aromatic rings. The Bertz CT molecular complexity index is 683. The monoisotopic (exact) mass is 355 g/mol. The van der Waals surface area contributed by atoms with Gasteiger partial charge in [-0.3, -0.25) is 10.1 Å². The first-order valence-corrected chi connectivity index (χ1v) is 10.2. The molecule has 0 bridgehead atoms. The average Bonchev–Trinajstić information content (AvgIpc) is 2.54. The number of sulfone groups is 1. The molecule has 1 aromatic carbocycles. The SMILES string of the molecule is CCN1CCC(CCNc2cccc(S(C)(=O)=O)c2[N+](=O)[O-])CC1. The molecular weight excluding hydrogens is 330 g/mol. The highest BCUT2D eigenvalue weighted by Gasteiger charge is 2.26. The number of nitrogens with zero attached hydrogens (tertiary/aromatic N) is 2. The third kappa shape index (κ3) is 4.67. The summed E-state index contributed by atoms with van der Waals surface area (Å²) in [6.07, 6.45) is 4.19. The van der Waals surface area contributed by atoms with E-state index < -0.39 is 14.8 Å². The molecule has 1 N–H and O–H groups in total. The molecule has 2 rings (SSSR count).